The first-order valence-electron chi connectivity index (χ1n) is 7.87. The van der Waals surface area contributed by atoms with Crippen LogP contribution in [0.4, 0.5) is 0 Å². The van der Waals surface area contributed by atoms with Crippen molar-refractivity contribution in [2.75, 3.05) is 0 Å². The van der Waals surface area contributed by atoms with E-state index in [2.05, 4.69) is 10.1 Å². The Morgan fingerprint density at radius 1 is 1.04 bits per heavy atom. The lowest BCUT2D eigenvalue weighted by atomic mass is 9.98. The maximum absolute atomic E-state index is 13.0. The zero-order chi connectivity index (χ0) is 19.0. The molecule has 0 unspecified atom stereocenters. The number of hydrogen-bond acceptors (Lipinski definition) is 7. The number of carbonyl (C=O) groups is 1. The summed E-state index contributed by atoms with van der Waals surface area (Å²) in [5.41, 5.74) is 1.45. The van der Waals surface area contributed by atoms with Crippen LogP contribution in [-0.2, 0) is 0 Å². The number of carbonyl (C=O) groups excluding carboxylic acids is 1. The number of aromatic nitrogens is 3. The molecule has 3 N–H and O–H groups in total. The zero-order valence-corrected chi connectivity index (χ0v) is 13.8. The van der Waals surface area contributed by atoms with E-state index in [1.165, 1.54) is 17.3 Å². The smallest absolute Gasteiger partial charge is 0.200 e. The van der Waals surface area contributed by atoms with E-state index in [9.17, 15) is 20.1 Å². The van der Waals surface area contributed by atoms with Gasteiger partial charge in [0.15, 0.2) is 23.0 Å². The van der Waals surface area contributed by atoms with E-state index >= 15 is 0 Å². The summed E-state index contributed by atoms with van der Waals surface area (Å²) in [5, 5.41) is 33.0. The molecule has 0 bridgehead atoms. The molecule has 8 nitrogen and oxygen atoms in total. The first-order chi connectivity index (χ1) is 13.0. The minimum absolute atomic E-state index is 0.00918. The highest BCUT2D eigenvalue weighted by molar-refractivity contribution is 6.12. The molecule has 0 atom stereocenters. The lowest BCUT2D eigenvalue weighted by Crippen LogP contribution is -2.08. The summed E-state index contributed by atoms with van der Waals surface area (Å²) in [4.78, 5) is 16.9. The first kappa shape index (κ1) is 16.4. The van der Waals surface area contributed by atoms with Gasteiger partial charge in [0.25, 0.3) is 0 Å². The van der Waals surface area contributed by atoms with E-state index in [1.54, 1.807) is 36.6 Å². The molecule has 2 aromatic carbocycles. The molecule has 0 aliphatic carbocycles. The van der Waals surface area contributed by atoms with E-state index < -0.39 is 23.0 Å². The maximum Gasteiger partial charge on any atom is 0.200 e. The number of rotatable bonds is 4. The standard InChI is InChI=1S/C19H13N3O5/c23-15-7-12(8-16(24)19(15)26)18(25)13-4-3-11(17-2-1-5-27-17)6-14(13)22-10-20-9-21-22/h1-10,23-24,26H. The minimum Gasteiger partial charge on any atom is -0.504 e. The van der Waals surface area contributed by atoms with Crippen molar-refractivity contribution < 1.29 is 24.5 Å². The van der Waals surface area contributed by atoms with Crippen molar-refractivity contribution in [1.82, 2.24) is 14.8 Å². The van der Waals surface area contributed by atoms with Crippen LogP contribution in [0.5, 0.6) is 17.2 Å². The van der Waals surface area contributed by atoms with Crippen LogP contribution in [0.25, 0.3) is 17.0 Å². The Bertz CT molecular complexity index is 1100. The number of furan rings is 1. The Morgan fingerprint density at radius 3 is 2.44 bits per heavy atom. The minimum atomic E-state index is -0.684. The number of phenols is 3. The van der Waals surface area contributed by atoms with Gasteiger partial charge in [-0.1, -0.05) is 6.07 Å². The number of aromatic hydroxyl groups is 3. The summed E-state index contributed by atoms with van der Waals surface area (Å²) in [6.45, 7) is 0. The van der Waals surface area contributed by atoms with E-state index in [1.807, 2.05) is 0 Å². The maximum atomic E-state index is 13.0. The lowest BCUT2D eigenvalue weighted by molar-refractivity contribution is 0.103. The van der Waals surface area contributed by atoms with Crippen LogP contribution in [0.3, 0.4) is 0 Å². The molecule has 0 saturated carbocycles. The highest BCUT2D eigenvalue weighted by atomic mass is 16.3. The summed E-state index contributed by atoms with van der Waals surface area (Å²) in [5.74, 6) is -1.72. The van der Waals surface area contributed by atoms with Gasteiger partial charge in [0, 0.05) is 16.7 Å². The Morgan fingerprint density at radius 2 is 1.81 bits per heavy atom. The van der Waals surface area contributed by atoms with E-state index in [4.69, 9.17) is 4.42 Å². The second kappa shape index (κ2) is 6.34. The van der Waals surface area contributed by atoms with Crippen LogP contribution in [-0.4, -0.2) is 35.9 Å². The second-order valence-corrected chi connectivity index (χ2v) is 5.74. The number of benzene rings is 2. The van der Waals surface area contributed by atoms with Crippen LogP contribution < -0.4 is 0 Å². The van der Waals surface area contributed by atoms with Crippen molar-refractivity contribution >= 4 is 5.78 Å². The van der Waals surface area contributed by atoms with Crippen LogP contribution in [0.15, 0.2) is 65.8 Å². The molecule has 0 aliphatic rings. The second-order valence-electron chi connectivity index (χ2n) is 5.74. The number of nitrogens with zero attached hydrogens (tertiary/aromatic N) is 3. The van der Waals surface area contributed by atoms with Crippen LogP contribution in [0.1, 0.15) is 15.9 Å². The highest BCUT2D eigenvalue weighted by Gasteiger charge is 2.20. The van der Waals surface area contributed by atoms with Gasteiger partial charge in [-0.15, -0.1) is 0 Å². The number of phenolic OH excluding ortho intramolecular Hbond substituents is 3. The van der Waals surface area contributed by atoms with Crippen molar-refractivity contribution in [2.45, 2.75) is 0 Å². The Labute approximate surface area is 152 Å². The molecule has 134 valence electrons. The third-order valence-corrected chi connectivity index (χ3v) is 4.05. The van der Waals surface area contributed by atoms with Gasteiger partial charge >= 0.3 is 0 Å². The fraction of sp³-hybridized carbons (Fsp3) is 0. The average molecular weight is 363 g/mol. The summed E-state index contributed by atoms with van der Waals surface area (Å²) in [6.07, 6.45) is 4.33. The molecule has 0 saturated heterocycles. The molecular weight excluding hydrogens is 350 g/mol. The summed E-state index contributed by atoms with van der Waals surface area (Å²) < 4.78 is 6.83. The van der Waals surface area contributed by atoms with Crippen molar-refractivity contribution in [3.8, 4) is 34.3 Å². The molecule has 27 heavy (non-hydrogen) atoms. The van der Waals surface area contributed by atoms with Gasteiger partial charge in [0.05, 0.1) is 12.0 Å². The predicted molar refractivity (Wildman–Crippen MR) is 93.9 cm³/mol. The molecule has 4 aromatic rings. The van der Waals surface area contributed by atoms with Crippen molar-refractivity contribution in [3.63, 3.8) is 0 Å². The molecule has 0 fully saturated rings. The quantitative estimate of drug-likeness (QED) is 0.376. The third-order valence-electron chi connectivity index (χ3n) is 4.05. The van der Waals surface area contributed by atoms with Crippen molar-refractivity contribution in [1.29, 1.82) is 0 Å². The molecule has 8 heteroatoms. The fourth-order valence-corrected chi connectivity index (χ4v) is 2.73. The molecule has 2 aromatic heterocycles. The monoisotopic (exact) mass is 363 g/mol. The molecule has 0 aliphatic heterocycles. The predicted octanol–water partition coefficient (Wildman–Crippen LogP) is 2.88. The summed E-state index contributed by atoms with van der Waals surface area (Å²) in [7, 11) is 0. The van der Waals surface area contributed by atoms with Crippen LogP contribution in [0, 0.1) is 0 Å². The SMILES string of the molecule is O=C(c1cc(O)c(O)c(O)c1)c1ccc(-c2ccco2)cc1-n1cncn1. The van der Waals surface area contributed by atoms with Crippen LogP contribution >= 0.6 is 0 Å². The van der Waals surface area contributed by atoms with Gasteiger partial charge in [-0.2, -0.15) is 5.10 Å². The largest absolute Gasteiger partial charge is 0.504 e. The lowest BCUT2D eigenvalue weighted by Gasteiger charge is -2.11. The molecular formula is C19H13N3O5. The van der Waals surface area contributed by atoms with Crippen LogP contribution in [0.2, 0.25) is 0 Å². The van der Waals surface area contributed by atoms with E-state index in [0.29, 0.717) is 11.4 Å². The van der Waals surface area contributed by atoms with Gasteiger partial charge in [-0.05, 0) is 36.4 Å². The Kier molecular flexibility index (Phi) is 3.85. The van der Waals surface area contributed by atoms with Gasteiger partial charge < -0.3 is 19.7 Å². The third kappa shape index (κ3) is 2.89. The van der Waals surface area contributed by atoms with Gasteiger partial charge in [-0.25, -0.2) is 9.67 Å². The van der Waals surface area contributed by atoms with Gasteiger partial charge in [-0.3, -0.25) is 4.79 Å². The van der Waals surface area contributed by atoms with Crippen molar-refractivity contribution in [2.24, 2.45) is 0 Å². The number of hydrogen-bond donors (Lipinski definition) is 3. The highest BCUT2D eigenvalue weighted by Crippen LogP contribution is 2.36. The normalized spacial score (nSPS) is 10.8. The fourth-order valence-electron chi connectivity index (χ4n) is 2.73. The first-order valence-corrected chi connectivity index (χ1v) is 7.87. The zero-order valence-electron chi connectivity index (χ0n) is 13.8. The Hall–Kier alpha value is -4.07. The molecule has 2 heterocycles. The van der Waals surface area contributed by atoms with E-state index in [0.717, 1.165) is 17.7 Å². The molecule has 0 spiro atoms. The average Bonchev–Trinajstić information content (AvgIpc) is 3.38. The van der Waals surface area contributed by atoms with E-state index in [-0.39, 0.29) is 11.1 Å². The Balaban J connectivity index is 1.86. The van der Waals surface area contributed by atoms with Gasteiger partial charge in [0.1, 0.15) is 18.4 Å². The molecule has 0 radical (unpaired) electrons. The number of ketones is 1. The molecule has 0 amide bonds. The van der Waals surface area contributed by atoms with Gasteiger partial charge in [0.2, 0.25) is 0 Å². The topological polar surface area (TPSA) is 122 Å². The summed E-state index contributed by atoms with van der Waals surface area (Å²) in [6, 6.07) is 10.8. The van der Waals surface area contributed by atoms with Crippen molar-refractivity contribution in [3.05, 3.63) is 72.5 Å². The summed E-state index contributed by atoms with van der Waals surface area (Å²) >= 11 is 0. The molecule has 4 rings (SSSR count).